The van der Waals surface area contributed by atoms with Crippen LogP contribution < -0.4 is 9.62 Å². The van der Waals surface area contributed by atoms with Crippen molar-refractivity contribution in [2.75, 3.05) is 24.2 Å². The SMILES string of the molecule is CNC(=O)[C@@H](C)N(Cc1ccc(C)cc1)C(=O)CN(c1cc([N+](=O)[O-])ccc1C)S(C)(=O)=O. The number of anilines is 1. The Hall–Kier alpha value is -3.47. The molecule has 0 bridgehead atoms. The number of carbonyl (C=O) groups excluding carboxylic acids is 2. The maximum atomic E-state index is 13.3. The van der Waals surface area contributed by atoms with E-state index >= 15 is 0 Å². The van der Waals surface area contributed by atoms with Gasteiger partial charge >= 0.3 is 0 Å². The topological polar surface area (TPSA) is 130 Å². The zero-order valence-electron chi connectivity index (χ0n) is 19.2. The summed E-state index contributed by atoms with van der Waals surface area (Å²) in [7, 11) is -2.53. The number of nitrogens with one attached hydrogen (secondary N) is 1. The predicted octanol–water partition coefficient (Wildman–Crippen LogP) is 2.14. The molecule has 1 N–H and O–H groups in total. The van der Waals surface area contributed by atoms with Crippen LogP contribution >= 0.6 is 0 Å². The molecule has 0 aromatic heterocycles. The maximum absolute atomic E-state index is 13.3. The molecular formula is C22H28N4O6S. The minimum atomic E-state index is -3.98. The fraction of sp³-hybridized carbons (Fsp3) is 0.364. The van der Waals surface area contributed by atoms with Crippen LogP contribution in [0.4, 0.5) is 11.4 Å². The molecule has 0 aliphatic carbocycles. The molecule has 11 heteroatoms. The number of nitro groups is 1. The standard InChI is InChI=1S/C22H28N4O6S/c1-15-6-9-18(10-7-15)13-24(17(3)22(28)23-4)21(27)14-25(33(5,31)32)20-12-19(26(29)30)11-8-16(20)2/h6-12,17H,13-14H2,1-5H3,(H,23,28)/t17-/m1/s1. The number of hydrogen-bond donors (Lipinski definition) is 1. The molecule has 0 aliphatic rings. The van der Waals surface area contributed by atoms with Crippen LogP contribution in [-0.2, 0) is 26.2 Å². The number of carbonyl (C=O) groups is 2. The van der Waals surface area contributed by atoms with E-state index in [4.69, 9.17) is 0 Å². The smallest absolute Gasteiger partial charge is 0.271 e. The van der Waals surface area contributed by atoms with E-state index in [1.165, 1.54) is 24.1 Å². The minimum absolute atomic E-state index is 0.0305. The third-order valence-corrected chi connectivity index (χ3v) is 6.37. The van der Waals surface area contributed by atoms with E-state index in [0.717, 1.165) is 27.8 Å². The summed E-state index contributed by atoms with van der Waals surface area (Å²) < 4.78 is 26.0. The zero-order valence-corrected chi connectivity index (χ0v) is 20.0. The molecule has 2 amide bonds. The largest absolute Gasteiger partial charge is 0.357 e. The highest BCUT2D eigenvalue weighted by Gasteiger charge is 2.30. The quantitative estimate of drug-likeness (QED) is 0.436. The van der Waals surface area contributed by atoms with Crippen LogP contribution in [0.15, 0.2) is 42.5 Å². The fourth-order valence-electron chi connectivity index (χ4n) is 3.26. The van der Waals surface area contributed by atoms with Gasteiger partial charge in [0, 0.05) is 25.7 Å². The van der Waals surface area contributed by atoms with Gasteiger partial charge in [-0.05, 0) is 31.9 Å². The van der Waals surface area contributed by atoms with Crippen molar-refractivity contribution in [3.8, 4) is 0 Å². The molecular weight excluding hydrogens is 448 g/mol. The van der Waals surface area contributed by atoms with Gasteiger partial charge in [0.05, 0.1) is 16.9 Å². The summed E-state index contributed by atoms with van der Waals surface area (Å²) in [5.41, 5.74) is 1.97. The van der Waals surface area contributed by atoms with Crippen LogP contribution in [0.5, 0.6) is 0 Å². The van der Waals surface area contributed by atoms with Gasteiger partial charge in [0.25, 0.3) is 5.69 Å². The fourth-order valence-corrected chi connectivity index (χ4v) is 4.16. The number of hydrogen-bond acceptors (Lipinski definition) is 6. The average molecular weight is 477 g/mol. The number of likely N-dealkylation sites (N-methyl/N-ethyl adjacent to an activating group) is 1. The van der Waals surface area contributed by atoms with Crippen molar-refractivity contribution >= 4 is 33.2 Å². The Bertz CT molecular complexity index is 1150. The van der Waals surface area contributed by atoms with Crippen molar-refractivity contribution in [3.05, 3.63) is 69.3 Å². The third-order valence-electron chi connectivity index (χ3n) is 5.24. The Morgan fingerprint density at radius 2 is 1.73 bits per heavy atom. The van der Waals surface area contributed by atoms with Crippen LogP contribution in [0.2, 0.25) is 0 Å². The van der Waals surface area contributed by atoms with Gasteiger partial charge in [0.15, 0.2) is 0 Å². The molecule has 2 rings (SSSR count). The molecule has 2 aromatic carbocycles. The van der Waals surface area contributed by atoms with Crippen molar-refractivity contribution in [2.24, 2.45) is 0 Å². The number of benzene rings is 2. The Labute approximate surface area is 193 Å². The number of nitrogens with zero attached hydrogens (tertiary/aromatic N) is 3. The summed E-state index contributed by atoms with van der Waals surface area (Å²) in [5, 5.41) is 13.7. The van der Waals surface area contributed by atoms with Gasteiger partial charge in [-0.1, -0.05) is 35.9 Å². The second kappa shape index (κ2) is 10.4. The first kappa shape index (κ1) is 25.8. The Morgan fingerprint density at radius 3 is 2.24 bits per heavy atom. The summed E-state index contributed by atoms with van der Waals surface area (Å²) >= 11 is 0. The van der Waals surface area contributed by atoms with E-state index in [0.29, 0.717) is 5.56 Å². The van der Waals surface area contributed by atoms with Crippen molar-refractivity contribution in [3.63, 3.8) is 0 Å². The van der Waals surface area contributed by atoms with E-state index in [1.54, 1.807) is 13.8 Å². The molecule has 0 fully saturated rings. The molecule has 1 atom stereocenters. The number of aryl methyl sites for hydroxylation is 2. The van der Waals surface area contributed by atoms with Gasteiger partial charge in [-0.2, -0.15) is 0 Å². The number of nitro benzene ring substituents is 1. The first-order valence-corrected chi connectivity index (χ1v) is 12.0. The molecule has 33 heavy (non-hydrogen) atoms. The second-order valence-electron chi connectivity index (χ2n) is 7.79. The van der Waals surface area contributed by atoms with Crippen LogP contribution in [0.1, 0.15) is 23.6 Å². The summed E-state index contributed by atoms with van der Waals surface area (Å²) in [6.45, 7) is 4.53. The van der Waals surface area contributed by atoms with Gasteiger partial charge < -0.3 is 10.2 Å². The van der Waals surface area contributed by atoms with Crippen molar-refractivity contribution < 1.29 is 22.9 Å². The molecule has 0 saturated heterocycles. The average Bonchev–Trinajstić information content (AvgIpc) is 2.75. The molecule has 0 heterocycles. The highest BCUT2D eigenvalue weighted by Crippen LogP contribution is 2.28. The van der Waals surface area contributed by atoms with Crippen LogP contribution in [0.25, 0.3) is 0 Å². The zero-order chi connectivity index (χ0) is 24.9. The number of non-ortho nitro benzene ring substituents is 1. The van der Waals surface area contributed by atoms with Gasteiger partial charge in [-0.15, -0.1) is 0 Å². The Morgan fingerprint density at radius 1 is 1.12 bits per heavy atom. The lowest BCUT2D eigenvalue weighted by Crippen LogP contribution is -2.50. The third kappa shape index (κ3) is 6.51. The molecule has 10 nitrogen and oxygen atoms in total. The first-order valence-electron chi connectivity index (χ1n) is 10.1. The van der Waals surface area contributed by atoms with Crippen molar-refractivity contribution in [1.29, 1.82) is 0 Å². The van der Waals surface area contributed by atoms with E-state index in [2.05, 4.69) is 5.32 Å². The molecule has 178 valence electrons. The lowest BCUT2D eigenvalue weighted by Gasteiger charge is -2.31. The summed E-state index contributed by atoms with van der Waals surface area (Å²) in [6.07, 6.45) is 0.922. The summed E-state index contributed by atoms with van der Waals surface area (Å²) in [6, 6.07) is 10.3. The summed E-state index contributed by atoms with van der Waals surface area (Å²) in [5.74, 6) is -1.03. The number of amides is 2. The first-order chi connectivity index (χ1) is 15.3. The van der Waals surface area contributed by atoms with Gasteiger partial charge in [-0.25, -0.2) is 8.42 Å². The highest BCUT2D eigenvalue weighted by molar-refractivity contribution is 7.92. The van der Waals surface area contributed by atoms with Crippen LogP contribution in [0, 0.1) is 24.0 Å². The molecule has 0 unspecified atom stereocenters. The molecule has 2 aromatic rings. The van der Waals surface area contributed by atoms with E-state index in [1.807, 2.05) is 31.2 Å². The maximum Gasteiger partial charge on any atom is 0.271 e. The van der Waals surface area contributed by atoms with Crippen LogP contribution in [-0.4, -0.2) is 55.9 Å². The number of sulfonamides is 1. The number of rotatable bonds is 9. The molecule has 0 radical (unpaired) electrons. The second-order valence-corrected chi connectivity index (χ2v) is 9.70. The predicted molar refractivity (Wildman–Crippen MR) is 125 cm³/mol. The normalized spacial score (nSPS) is 12.0. The van der Waals surface area contributed by atoms with E-state index < -0.39 is 39.3 Å². The lowest BCUT2D eigenvalue weighted by atomic mass is 10.1. The van der Waals surface area contributed by atoms with Crippen molar-refractivity contribution in [1.82, 2.24) is 10.2 Å². The molecule has 0 aliphatic heterocycles. The van der Waals surface area contributed by atoms with Gasteiger partial charge in [0.2, 0.25) is 21.8 Å². The van der Waals surface area contributed by atoms with E-state index in [-0.39, 0.29) is 17.9 Å². The Balaban J connectivity index is 2.46. The van der Waals surface area contributed by atoms with Crippen molar-refractivity contribution in [2.45, 2.75) is 33.4 Å². The Kier molecular flexibility index (Phi) is 8.15. The van der Waals surface area contributed by atoms with Crippen LogP contribution in [0.3, 0.4) is 0 Å². The van der Waals surface area contributed by atoms with Gasteiger partial charge in [-0.3, -0.25) is 24.0 Å². The molecule has 0 spiro atoms. The lowest BCUT2D eigenvalue weighted by molar-refractivity contribution is -0.384. The van der Waals surface area contributed by atoms with Gasteiger partial charge in [0.1, 0.15) is 12.6 Å². The molecule has 0 saturated carbocycles. The highest BCUT2D eigenvalue weighted by atomic mass is 32.2. The monoisotopic (exact) mass is 476 g/mol. The van der Waals surface area contributed by atoms with E-state index in [9.17, 15) is 28.1 Å². The summed E-state index contributed by atoms with van der Waals surface area (Å²) in [4.78, 5) is 37.5. The minimum Gasteiger partial charge on any atom is -0.357 e.